The second-order valence-electron chi connectivity index (χ2n) is 4.61. The first kappa shape index (κ1) is 15.4. The molecule has 1 unspecified atom stereocenters. The molecule has 0 spiro atoms. The van der Waals surface area contributed by atoms with Gasteiger partial charge in [0.25, 0.3) is 0 Å². The van der Waals surface area contributed by atoms with Gasteiger partial charge >= 0.3 is 5.97 Å². The lowest BCUT2D eigenvalue weighted by molar-refractivity contribution is 0.0697. The molecule has 2 aromatic rings. The van der Waals surface area contributed by atoms with Crippen LogP contribution in [0.25, 0.3) is 0 Å². The number of aromatic carboxylic acids is 1. The van der Waals surface area contributed by atoms with E-state index in [1.54, 1.807) is 19.2 Å². The second-order valence-corrected chi connectivity index (χ2v) is 5.46. The third kappa shape index (κ3) is 3.55. The van der Waals surface area contributed by atoms with E-state index in [-0.39, 0.29) is 11.6 Å². The van der Waals surface area contributed by atoms with Crippen LogP contribution in [0.15, 0.2) is 46.9 Å². The van der Waals surface area contributed by atoms with E-state index >= 15 is 0 Å². The highest BCUT2D eigenvalue weighted by Gasteiger charge is 2.13. The minimum Gasteiger partial charge on any atom is -0.495 e. The zero-order valence-electron chi connectivity index (χ0n) is 11.8. The molecule has 2 aromatic carbocycles. The van der Waals surface area contributed by atoms with Gasteiger partial charge < -0.3 is 15.2 Å². The Bertz CT molecular complexity index is 658. The normalized spacial score (nSPS) is 11.8. The molecule has 2 N–H and O–H groups in total. The molecule has 0 fully saturated rings. The number of hydrogen-bond donors (Lipinski definition) is 2. The molecule has 0 aromatic heterocycles. The van der Waals surface area contributed by atoms with Crippen LogP contribution in [-0.2, 0) is 0 Å². The Morgan fingerprint density at radius 2 is 2.00 bits per heavy atom. The monoisotopic (exact) mass is 349 g/mol. The molecule has 0 aliphatic carbocycles. The van der Waals surface area contributed by atoms with E-state index < -0.39 is 5.97 Å². The van der Waals surface area contributed by atoms with Crippen LogP contribution < -0.4 is 10.1 Å². The molecule has 110 valence electrons. The Balaban J connectivity index is 2.31. The molecule has 0 radical (unpaired) electrons. The fourth-order valence-corrected chi connectivity index (χ4v) is 2.72. The van der Waals surface area contributed by atoms with Gasteiger partial charge in [-0.2, -0.15) is 0 Å². The minimum atomic E-state index is -0.964. The van der Waals surface area contributed by atoms with Gasteiger partial charge in [0.1, 0.15) is 5.75 Å². The molecule has 5 heteroatoms. The summed E-state index contributed by atoms with van der Waals surface area (Å²) >= 11 is 3.52. The number of carboxylic acid groups (broad SMARTS) is 1. The summed E-state index contributed by atoms with van der Waals surface area (Å²) in [5.74, 6) is -0.354. The summed E-state index contributed by atoms with van der Waals surface area (Å²) in [4.78, 5) is 11.1. The number of benzene rings is 2. The van der Waals surface area contributed by atoms with E-state index in [1.165, 1.54) is 6.07 Å². The van der Waals surface area contributed by atoms with Crippen LogP contribution in [0.4, 0.5) is 5.69 Å². The zero-order chi connectivity index (χ0) is 15.4. The highest BCUT2D eigenvalue weighted by atomic mass is 79.9. The number of carboxylic acids is 1. The zero-order valence-corrected chi connectivity index (χ0v) is 13.3. The number of rotatable bonds is 5. The Morgan fingerprint density at radius 3 is 2.62 bits per heavy atom. The van der Waals surface area contributed by atoms with E-state index in [0.717, 1.165) is 10.0 Å². The predicted molar refractivity (Wildman–Crippen MR) is 86.1 cm³/mol. The maximum absolute atomic E-state index is 11.1. The van der Waals surface area contributed by atoms with Crippen LogP contribution in [0.1, 0.15) is 28.9 Å². The number of nitrogens with one attached hydrogen (secondary N) is 1. The van der Waals surface area contributed by atoms with Crippen molar-refractivity contribution in [3.63, 3.8) is 0 Å². The van der Waals surface area contributed by atoms with Crippen molar-refractivity contribution in [3.05, 3.63) is 58.1 Å². The van der Waals surface area contributed by atoms with Crippen molar-refractivity contribution in [2.24, 2.45) is 0 Å². The maximum atomic E-state index is 11.1. The third-order valence-corrected chi connectivity index (χ3v) is 3.91. The molecule has 4 nitrogen and oxygen atoms in total. The molecule has 0 saturated carbocycles. The highest BCUT2D eigenvalue weighted by Crippen LogP contribution is 2.31. The number of halogens is 1. The van der Waals surface area contributed by atoms with Crippen LogP contribution in [0, 0.1) is 0 Å². The number of methoxy groups -OCH3 is 1. The molecule has 0 heterocycles. The fraction of sp³-hybridized carbons (Fsp3) is 0.188. The van der Waals surface area contributed by atoms with E-state index in [4.69, 9.17) is 9.84 Å². The van der Waals surface area contributed by atoms with E-state index in [0.29, 0.717) is 11.4 Å². The van der Waals surface area contributed by atoms with Gasteiger partial charge in [-0.1, -0.05) is 34.1 Å². The maximum Gasteiger partial charge on any atom is 0.335 e. The van der Waals surface area contributed by atoms with Gasteiger partial charge in [0, 0.05) is 10.5 Å². The lowest BCUT2D eigenvalue weighted by Crippen LogP contribution is -2.09. The SMILES string of the molecule is COc1ccc(C(=O)O)cc1NC(C)c1ccccc1Br. The first-order valence-corrected chi connectivity index (χ1v) is 7.24. The van der Waals surface area contributed by atoms with Gasteiger partial charge in [0.2, 0.25) is 0 Å². The third-order valence-electron chi connectivity index (χ3n) is 3.19. The molecular weight excluding hydrogens is 334 g/mol. The van der Waals surface area contributed by atoms with Crippen molar-refractivity contribution in [1.29, 1.82) is 0 Å². The molecule has 0 bridgehead atoms. The molecule has 0 aliphatic heterocycles. The van der Waals surface area contributed by atoms with Crippen LogP contribution in [0.3, 0.4) is 0 Å². The van der Waals surface area contributed by atoms with E-state index in [2.05, 4.69) is 21.2 Å². The van der Waals surface area contributed by atoms with Crippen LogP contribution in [0.2, 0.25) is 0 Å². The number of hydrogen-bond acceptors (Lipinski definition) is 3. The summed E-state index contributed by atoms with van der Waals surface area (Å²) < 4.78 is 6.28. The molecular formula is C16H16BrNO3. The summed E-state index contributed by atoms with van der Waals surface area (Å²) in [6, 6.07) is 12.6. The van der Waals surface area contributed by atoms with Crippen LogP contribution in [0.5, 0.6) is 5.75 Å². The standard InChI is InChI=1S/C16H16BrNO3/c1-10(12-5-3-4-6-13(12)17)18-14-9-11(16(19)20)7-8-15(14)21-2/h3-10,18H,1-2H3,(H,19,20). The Labute approximate surface area is 131 Å². The Morgan fingerprint density at radius 1 is 1.29 bits per heavy atom. The van der Waals surface area contributed by atoms with Crippen molar-refractivity contribution in [2.45, 2.75) is 13.0 Å². The van der Waals surface area contributed by atoms with Gasteiger partial charge in [-0.15, -0.1) is 0 Å². The average molecular weight is 350 g/mol. The van der Waals surface area contributed by atoms with Crippen molar-refractivity contribution in [1.82, 2.24) is 0 Å². The summed E-state index contributed by atoms with van der Waals surface area (Å²) in [7, 11) is 1.56. The van der Waals surface area contributed by atoms with Gasteiger partial charge in [0.15, 0.2) is 0 Å². The predicted octanol–water partition coefficient (Wildman–Crippen LogP) is 4.33. The highest BCUT2D eigenvalue weighted by molar-refractivity contribution is 9.10. The van der Waals surface area contributed by atoms with Crippen molar-refractivity contribution < 1.29 is 14.6 Å². The van der Waals surface area contributed by atoms with Gasteiger partial charge in [-0.25, -0.2) is 4.79 Å². The fourth-order valence-electron chi connectivity index (χ4n) is 2.09. The van der Waals surface area contributed by atoms with Gasteiger partial charge in [-0.3, -0.25) is 0 Å². The lowest BCUT2D eigenvalue weighted by atomic mass is 10.1. The quantitative estimate of drug-likeness (QED) is 0.843. The van der Waals surface area contributed by atoms with Crippen molar-refractivity contribution in [3.8, 4) is 5.75 Å². The topological polar surface area (TPSA) is 58.6 Å². The summed E-state index contributed by atoms with van der Waals surface area (Å²) in [6.45, 7) is 2.01. The Kier molecular flexibility index (Phi) is 4.85. The summed E-state index contributed by atoms with van der Waals surface area (Å²) in [5, 5.41) is 12.4. The van der Waals surface area contributed by atoms with Crippen molar-refractivity contribution >= 4 is 27.6 Å². The van der Waals surface area contributed by atoms with Crippen molar-refractivity contribution in [2.75, 3.05) is 12.4 Å². The van der Waals surface area contributed by atoms with E-state index in [1.807, 2.05) is 31.2 Å². The summed E-state index contributed by atoms with van der Waals surface area (Å²) in [5.41, 5.74) is 1.96. The molecule has 0 aliphatic rings. The van der Waals surface area contributed by atoms with E-state index in [9.17, 15) is 4.79 Å². The first-order valence-electron chi connectivity index (χ1n) is 6.45. The largest absolute Gasteiger partial charge is 0.495 e. The van der Waals surface area contributed by atoms with Crippen LogP contribution >= 0.6 is 15.9 Å². The Hall–Kier alpha value is -2.01. The number of anilines is 1. The second kappa shape index (κ2) is 6.63. The average Bonchev–Trinajstić information content (AvgIpc) is 2.47. The minimum absolute atomic E-state index is 0.00137. The molecule has 21 heavy (non-hydrogen) atoms. The van der Waals surface area contributed by atoms with Crippen LogP contribution in [-0.4, -0.2) is 18.2 Å². The molecule has 1 atom stereocenters. The lowest BCUT2D eigenvalue weighted by Gasteiger charge is -2.19. The molecule has 2 rings (SSSR count). The smallest absolute Gasteiger partial charge is 0.335 e. The first-order chi connectivity index (χ1) is 10.0. The van der Waals surface area contributed by atoms with Gasteiger partial charge in [-0.05, 0) is 36.8 Å². The molecule has 0 amide bonds. The van der Waals surface area contributed by atoms with Gasteiger partial charge in [0.05, 0.1) is 18.4 Å². The summed E-state index contributed by atoms with van der Waals surface area (Å²) in [6.07, 6.45) is 0. The molecule has 0 saturated heterocycles. The number of ether oxygens (including phenoxy) is 1. The number of carbonyl (C=O) groups is 1.